The van der Waals surface area contributed by atoms with Crippen LogP contribution in [0.2, 0.25) is 0 Å². The van der Waals surface area contributed by atoms with Crippen LogP contribution in [0.5, 0.6) is 0 Å². The van der Waals surface area contributed by atoms with E-state index in [2.05, 4.69) is 0 Å². The van der Waals surface area contributed by atoms with Gasteiger partial charge in [-0.15, -0.1) is 0 Å². The summed E-state index contributed by atoms with van der Waals surface area (Å²) >= 11 is 0. The molecule has 0 amide bonds. The maximum atomic E-state index is 13.1. The van der Waals surface area contributed by atoms with Crippen molar-refractivity contribution in [3.63, 3.8) is 0 Å². The summed E-state index contributed by atoms with van der Waals surface area (Å²) in [5.74, 6) is -0.274. The van der Waals surface area contributed by atoms with Gasteiger partial charge in [0.1, 0.15) is 5.82 Å². The molecule has 0 N–H and O–H groups in total. The van der Waals surface area contributed by atoms with E-state index >= 15 is 0 Å². The van der Waals surface area contributed by atoms with E-state index in [0.29, 0.717) is 11.9 Å². The van der Waals surface area contributed by atoms with Crippen LogP contribution in [0.15, 0.2) is 77.6 Å². The Kier molecular flexibility index (Phi) is 3.19. The van der Waals surface area contributed by atoms with Crippen LogP contribution in [0.1, 0.15) is 5.56 Å². The van der Waals surface area contributed by atoms with Gasteiger partial charge in [-0.2, -0.15) is 0 Å². The minimum atomic E-state index is -0.274. The Morgan fingerprint density at radius 2 is 1.35 bits per heavy atom. The molecule has 0 aliphatic heterocycles. The average molecular weight is 303 g/mol. The predicted molar refractivity (Wildman–Crippen MR) is 91.2 cm³/mol. The van der Waals surface area contributed by atoms with Gasteiger partial charge in [-0.25, -0.2) is 4.39 Å². The number of halogens is 1. The van der Waals surface area contributed by atoms with Crippen LogP contribution < -0.4 is 5.56 Å². The monoisotopic (exact) mass is 303 g/mol. The molecular weight excluding hydrogens is 289 g/mol. The van der Waals surface area contributed by atoms with Gasteiger partial charge in [-0.05, 0) is 35.2 Å². The predicted octanol–water partition coefficient (Wildman–Crippen LogP) is 4.34. The second-order valence-electron chi connectivity index (χ2n) is 5.58. The minimum Gasteiger partial charge on any atom is -0.303 e. The summed E-state index contributed by atoms with van der Waals surface area (Å²) in [6.07, 6.45) is 0. The fourth-order valence-corrected chi connectivity index (χ4v) is 3.03. The van der Waals surface area contributed by atoms with Gasteiger partial charge in [-0.1, -0.05) is 48.5 Å². The number of nitrogens with zero attached hydrogens (tertiary/aromatic N) is 1. The first-order valence-corrected chi connectivity index (χ1v) is 7.49. The number of pyridine rings is 1. The van der Waals surface area contributed by atoms with Gasteiger partial charge in [0.05, 0.1) is 12.1 Å². The quantitative estimate of drug-likeness (QED) is 0.505. The fourth-order valence-electron chi connectivity index (χ4n) is 3.03. The van der Waals surface area contributed by atoms with Gasteiger partial charge in [-0.3, -0.25) is 4.79 Å². The van der Waals surface area contributed by atoms with Crippen molar-refractivity contribution in [2.24, 2.45) is 0 Å². The molecule has 0 atom stereocenters. The number of fused-ring (bicyclic) bond motifs is 3. The molecule has 1 aromatic heterocycles. The zero-order valence-electron chi connectivity index (χ0n) is 12.4. The number of rotatable bonds is 2. The molecule has 0 unspecified atom stereocenters. The molecule has 0 saturated carbocycles. The molecule has 3 heteroatoms. The van der Waals surface area contributed by atoms with Crippen LogP contribution in [0.25, 0.3) is 21.7 Å². The number of aromatic nitrogens is 1. The summed E-state index contributed by atoms with van der Waals surface area (Å²) in [5.41, 5.74) is 1.76. The van der Waals surface area contributed by atoms with E-state index in [0.717, 1.165) is 21.9 Å². The Morgan fingerprint density at radius 1 is 0.739 bits per heavy atom. The van der Waals surface area contributed by atoms with E-state index in [-0.39, 0.29) is 11.4 Å². The highest BCUT2D eigenvalue weighted by atomic mass is 19.1. The van der Waals surface area contributed by atoms with Crippen molar-refractivity contribution in [3.8, 4) is 0 Å². The second kappa shape index (κ2) is 5.36. The molecule has 0 spiro atoms. The topological polar surface area (TPSA) is 22.0 Å². The molecule has 0 aliphatic rings. The number of para-hydroxylation sites is 1. The third-order valence-corrected chi connectivity index (χ3v) is 4.14. The normalized spacial score (nSPS) is 11.2. The summed E-state index contributed by atoms with van der Waals surface area (Å²) in [6.45, 7) is 0.421. The maximum absolute atomic E-state index is 13.1. The van der Waals surface area contributed by atoms with Crippen molar-refractivity contribution in [1.82, 2.24) is 4.57 Å². The van der Waals surface area contributed by atoms with Crippen LogP contribution in [0.3, 0.4) is 0 Å². The van der Waals surface area contributed by atoms with Crippen molar-refractivity contribution in [3.05, 3.63) is 94.5 Å². The van der Waals surface area contributed by atoms with Crippen LogP contribution in [0, 0.1) is 5.82 Å². The summed E-state index contributed by atoms with van der Waals surface area (Å²) in [6, 6.07) is 21.8. The van der Waals surface area contributed by atoms with Crippen molar-refractivity contribution in [2.45, 2.75) is 6.54 Å². The molecule has 2 nitrogen and oxygen atoms in total. The number of hydrogen-bond donors (Lipinski definition) is 0. The minimum absolute atomic E-state index is 0.0244. The van der Waals surface area contributed by atoms with Gasteiger partial charge < -0.3 is 4.57 Å². The summed E-state index contributed by atoms with van der Waals surface area (Å²) in [5, 5.41) is 2.71. The van der Waals surface area contributed by atoms with E-state index < -0.39 is 0 Å². The lowest BCUT2D eigenvalue weighted by atomic mass is 10.1. The lowest BCUT2D eigenvalue weighted by molar-refractivity contribution is 0.626. The molecular formula is C20H14FNO. The van der Waals surface area contributed by atoms with Gasteiger partial charge in [0.25, 0.3) is 5.56 Å². The van der Waals surface area contributed by atoms with Gasteiger partial charge in [0.15, 0.2) is 0 Å². The van der Waals surface area contributed by atoms with E-state index in [1.165, 1.54) is 12.1 Å². The molecule has 0 bridgehead atoms. The summed E-state index contributed by atoms with van der Waals surface area (Å²) in [7, 11) is 0. The zero-order chi connectivity index (χ0) is 15.8. The zero-order valence-corrected chi connectivity index (χ0v) is 12.4. The number of hydrogen-bond acceptors (Lipinski definition) is 1. The molecule has 0 radical (unpaired) electrons. The Balaban J connectivity index is 2.02. The Hall–Kier alpha value is -2.94. The highest BCUT2D eigenvalue weighted by Crippen LogP contribution is 2.23. The Morgan fingerprint density at radius 3 is 2.09 bits per heavy atom. The molecule has 0 fully saturated rings. The molecule has 4 aromatic rings. The SMILES string of the molecule is O=c1c2ccccc2c2ccccc2n1Cc1ccc(F)cc1. The molecule has 3 aromatic carbocycles. The maximum Gasteiger partial charge on any atom is 0.259 e. The van der Waals surface area contributed by atoms with E-state index in [1.54, 1.807) is 16.7 Å². The third-order valence-electron chi connectivity index (χ3n) is 4.14. The Labute approximate surface area is 132 Å². The highest BCUT2D eigenvalue weighted by molar-refractivity contribution is 6.05. The van der Waals surface area contributed by atoms with E-state index in [4.69, 9.17) is 0 Å². The fraction of sp³-hybridized carbons (Fsp3) is 0.0500. The second-order valence-corrected chi connectivity index (χ2v) is 5.58. The molecule has 1 heterocycles. The molecule has 23 heavy (non-hydrogen) atoms. The summed E-state index contributed by atoms with van der Waals surface area (Å²) < 4.78 is 14.9. The van der Waals surface area contributed by atoms with Crippen LogP contribution in [-0.4, -0.2) is 4.57 Å². The largest absolute Gasteiger partial charge is 0.303 e. The standard InChI is InChI=1S/C20H14FNO/c21-15-11-9-14(10-12-15)13-22-19-8-4-3-6-17(19)16-5-1-2-7-18(16)20(22)23/h1-12H,13H2. The first-order chi connectivity index (χ1) is 11.2. The van der Waals surface area contributed by atoms with Crippen molar-refractivity contribution >= 4 is 21.7 Å². The van der Waals surface area contributed by atoms with Crippen molar-refractivity contribution < 1.29 is 4.39 Å². The van der Waals surface area contributed by atoms with Gasteiger partial charge >= 0.3 is 0 Å². The average Bonchev–Trinajstić information content (AvgIpc) is 2.60. The number of benzene rings is 3. The lowest BCUT2D eigenvalue weighted by Crippen LogP contribution is -2.21. The first-order valence-electron chi connectivity index (χ1n) is 7.49. The van der Waals surface area contributed by atoms with Crippen LogP contribution >= 0.6 is 0 Å². The Bertz CT molecular complexity index is 1060. The first kappa shape index (κ1) is 13.7. The van der Waals surface area contributed by atoms with Crippen LogP contribution in [0.4, 0.5) is 4.39 Å². The molecule has 0 saturated heterocycles. The highest BCUT2D eigenvalue weighted by Gasteiger charge is 2.10. The van der Waals surface area contributed by atoms with Crippen LogP contribution in [-0.2, 0) is 6.54 Å². The molecule has 112 valence electrons. The van der Waals surface area contributed by atoms with E-state index in [9.17, 15) is 9.18 Å². The molecule has 4 rings (SSSR count). The summed E-state index contributed by atoms with van der Waals surface area (Å²) in [4.78, 5) is 12.9. The van der Waals surface area contributed by atoms with Crippen molar-refractivity contribution in [2.75, 3.05) is 0 Å². The third kappa shape index (κ3) is 2.30. The van der Waals surface area contributed by atoms with Gasteiger partial charge in [0, 0.05) is 10.8 Å². The van der Waals surface area contributed by atoms with E-state index in [1.807, 2.05) is 48.5 Å². The smallest absolute Gasteiger partial charge is 0.259 e. The van der Waals surface area contributed by atoms with Gasteiger partial charge in [0.2, 0.25) is 0 Å². The molecule has 0 aliphatic carbocycles. The lowest BCUT2D eigenvalue weighted by Gasteiger charge is -2.13. The van der Waals surface area contributed by atoms with Crippen molar-refractivity contribution in [1.29, 1.82) is 0 Å².